The SMILES string of the molecule is Cc1cc2ncc(C#N)n2cc1Br. The first kappa shape index (κ1) is 8.27. The number of hydrogen-bond donors (Lipinski definition) is 0. The molecule has 2 heterocycles. The third-order valence-corrected chi connectivity index (χ3v) is 2.73. The maximum absolute atomic E-state index is 8.76. The average Bonchev–Trinajstić information content (AvgIpc) is 2.48. The summed E-state index contributed by atoms with van der Waals surface area (Å²) in [6, 6.07) is 4.01. The molecule has 2 aromatic rings. The molecule has 0 N–H and O–H groups in total. The van der Waals surface area contributed by atoms with Gasteiger partial charge in [-0.3, -0.25) is 4.40 Å². The predicted molar refractivity (Wildman–Crippen MR) is 52.3 cm³/mol. The van der Waals surface area contributed by atoms with Gasteiger partial charge in [-0.15, -0.1) is 0 Å². The summed E-state index contributed by atoms with van der Waals surface area (Å²) in [6.07, 6.45) is 3.43. The molecule has 0 aliphatic carbocycles. The number of halogens is 1. The van der Waals surface area contributed by atoms with E-state index in [1.807, 2.05) is 19.2 Å². The summed E-state index contributed by atoms with van der Waals surface area (Å²) >= 11 is 3.41. The van der Waals surface area contributed by atoms with Gasteiger partial charge in [0.25, 0.3) is 0 Å². The van der Waals surface area contributed by atoms with E-state index in [2.05, 4.69) is 27.0 Å². The molecular weight excluding hydrogens is 230 g/mol. The van der Waals surface area contributed by atoms with Gasteiger partial charge >= 0.3 is 0 Å². The van der Waals surface area contributed by atoms with Crippen molar-refractivity contribution in [1.29, 1.82) is 5.26 Å². The van der Waals surface area contributed by atoms with Gasteiger partial charge in [0.15, 0.2) is 0 Å². The van der Waals surface area contributed by atoms with Crippen LogP contribution in [0.5, 0.6) is 0 Å². The van der Waals surface area contributed by atoms with Crippen molar-refractivity contribution in [3.63, 3.8) is 0 Å². The molecule has 0 bridgehead atoms. The van der Waals surface area contributed by atoms with Crippen molar-refractivity contribution in [2.24, 2.45) is 0 Å². The molecule has 0 aromatic carbocycles. The maximum atomic E-state index is 8.76. The molecule has 3 nitrogen and oxygen atoms in total. The van der Waals surface area contributed by atoms with Gasteiger partial charge in [0.05, 0.1) is 6.20 Å². The minimum atomic E-state index is 0.552. The molecular formula is C9H6BrN3. The summed E-state index contributed by atoms with van der Waals surface area (Å²) in [7, 11) is 0. The molecule has 0 radical (unpaired) electrons. The van der Waals surface area contributed by atoms with E-state index in [4.69, 9.17) is 5.26 Å². The zero-order chi connectivity index (χ0) is 9.42. The molecule has 2 rings (SSSR count). The van der Waals surface area contributed by atoms with Crippen molar-refractivity contribution in [2.75, 3.05) is 0 Å². The van der Waals surface area contributed by atoms with Crippen LogP contribution in [0.3, 0.4) is 0 Å². The Kier molecular flexibility index (Phi) is 1.82. The fraction of sp³-hybridized carbons (Fsp3) is 0.111. The van der Waals surface area contributed by atoms with Crippen LogP contribution in [0, 0.1) is 18.3 Å². The van der Waals surface area contributed by atoms with Crippen LogP contribution in [0.2, 0.25) is 0 Å². The largest absolute Gasteiger partial charge is 0.290 e. The summed E-state index contributed by atoms with van der Waals surface area (Å²) in [4.78, 5) is 4.11. The Labute approximate surface area is 83.8 Å². The highest BCUT2D eigenvalue weighted by Gasteiger charge is 2.03. The smallest absolute Gasteiger partial charge is 0.144 e. The minimum absolute atomic E-state index is 0.552. The molecule has 0 fully saturated rings. The van der Waals surface area contributed by atoms with E-state index in [0.717, 1.165) is 15.7 Å². The van der Waals surface area contributed by atoms with Crippen LogP contribution < -0.4 is 0 Å². The molecule has 0 saturated carbocycles. The molecule has 0 aliphatic rings. The van der Waals surface area contributed by atoms with Gasteiger partial charge in [0, 0.05) is 10.7 Å². The highest BCUT2D eigenvalue weighted by molar-refractivity contribution is 9.10. The Hall–Kier alpha value is -1.34. The number of rotatable bonds is 0. The van der Waals surface area contributed by atoms with Crippen LogP contribution in [0.4, 0.5) is 0 Å². The van der Waals surface area contributed by atoms with Gasteiger partial charge in [0.2, 0.25) is 0 Å². The molecule has 0 saturated heterocycles. The third-order valence-electron chi connectivity index (χ3n) is 1.90. The van der Waals surface area contributed by atoms with E-state index < -0.39 is 0 Å². The Morgan fingerprint density at radius 2 is 2.38 bits per heavy atom. The summed E-state index contributed by atoms with van der Waals surface area (Å²) in [5.41, 5.74) is 2.47. The Morgan fingerprint density at radius 3 is 3.08 bits per heavy atom. The van der Waals surface area contributed by atoms with Crippen molar-refractivity contribution >= 4 is 21.6 Å². The van der Waals surface area contributed by atoms with Crippen molar-refractivity contribution < 1.29 is 0 Å². The topological polar surface area (TPSA) is 41.1 Å². The molecule has 0 unspecified atom stereocenters. The number of aryl methyl sites for hydroxylation is 1. The van der Waals surface area contributed by atoms with Crippen LogP contribution in [0.25, 0.3) is 5.65 Å². The van der Waals surface area contributed by atoms with Crippen molar-refractivity contribution in [2.45, 2.75) is 6.92 Å². The second-order valence-electron chi connectivity index (χ2n) is 2.79. The zero-order valence-corrected chi connectivity index (χ0v) is 8.54. The number of aromatic nitrogens is 2. The van der Waals surface area contributed by atoms with Gasteiger partial charge in [0.1, 0.15) is 17.4 Å². The zero-order valence-electron chi connectivity index (χ0n) is 6.95. The van der Waals surface area contributed by atoms with E-state index in [-0.39, 0.29) is 0 Å². The van der Waals surface area contributed by atoms with Crippen LogP contribution >= 0.6 is 15.9 Å². The summed E-state index contributed by atoms with van der Waals surface area (Å²) < 4.78 is 2.74. The summed E-state index contributed by atoms with van der Waals surface area (Å²) in [5, 5.41) is 8.76. The quantitative estimate of drug-likeness (QED) is 0.704. The Bertz CT molecular complexity index is 507. The van der Waals surface area contributed by atoms with Gasteiger partial charge in [-0.2, -0.15) is 5.26 Å². The number of hydrogen-bond acceptors (Lipinski definition) is 2. The van der Waals surface area contributed by atoms with Crippen LogP contribution in [0.1, 0.15) is 11.3 Å². The second-order valence-corrected chi connectivity index (χ2v) is 3.64. The molecule has 13 heavy (non-hydrogen) atoms. The van der Waals surface area contributed by atoms with E-state index in [9.17, 15) is 0 Å². The van der Waals surface area contributed by atoms with Crippen LogP contribution in [-0.4, -0.2) is 9.38 Å². The molecule has 2 aromatic heterocycles. The van der Waals surface area contributed by atoms with Gasteiger partial charge in [-0.25, -0.2) is 4.98 Å². The summed E-state index contributed by atoms with van der Waals surface area (Å²) in [6.45, 7) is 1.99. The fourth-order valence-corrected chi connectivity index (χ4v) is 1.50. The second kappa shape index (κ2) is 2.86. The lowest BCUT2D eigenvalue weighted by Gasteiger charge is -1.99. The average molecular weight is 236 g/mol. The number of imidazole rings is 1. The van der Waals surface area contributed by atoms with Crippen molar-refractivity contribution in [3.05, 3.63) is 34.2 Å². The maximum Gasteiger partial charge on any atom is 0.144 e. The lowest BCUT2D eigenvalue weighted by molar-refractivity contribution is 1.13. The van der Waals surface area contributed by atoms with E-state index >= 15 is 0 Å². The van der Waals surface area contributed by atoms with E-state index in [0.29, 0.717) is 5.69 Å². The first-order valence-electron chi connectivity index (χ1n) is 3.75. The molecule has 0 spiro atoms. The third kappa shape index (κ3) is 1.21. The first-order valence-corrected chi connectivity index (χ1v) is 4.55. The van der Waals surface area contributed by atoms with Gasteiger partial charge in [-0.1, -0.05) is 0 Å². The first-order chi connectivity index (χ1) is 6.22. The predicted octanol–water partition coefficient (Wildman–Crippen LogP) is 2.28. The normalized spacial score (nSPS) is 10.2. The Balaban J connectivity index is 2.86. The molecule has 0 aliphatic heterocycles. The molecule has 4 heteroatoms. The lowest BCUT2D eigenvalue weighted by Crippen LogP contribution is -1.89. The van der Waals surface area contributed by atoms with E-state index in [1.165, 1.54) is 0 Å². The molecule has 0 amide bonds. The minimum Gasteiger partial charge on any atom is -0.290 e. The van der Waals surface area contributed by atoms with Gasteiger partial charge < -0.3 is 0 Å². The number of nitriles is 1. The fourth-order valence-electron chi connectivity index (χ4n) is 1.18. The monoisotopic (exact) mass is 235 g/mol. The molecule has 0 atom stereocenters. The standard InChI is InChI=1S/C9H6BrN3/c1-6-2-9-12-4-7(3-11)13(9)5-8(6)10/h2,4-5H,1H3. The highest BCUT2D eigenvalue weighted by atomic mass is 79.9. The Morgan fingerprint density at radius 1 is 1.62 bits per heavy atom. The number of pyridine rings is 1. The highest BCUT2D eigenvalue weighted by Crippen LogP contribution is 2.18. The lowest BCUT2D eigenvalue weighted by atomic mass is 10.3. The van der Waals surface area contributed by atoms with Crippen LogP contribution in [-0.2, 0) is 0 Å². The van der Waals surface area contributed by atoms with Crippen molar-refractivity contribution in [3.8, 4) is 6.07 Å². The van der Waals surface area contributed by atoms with Crippen LogP contribution in [0.15, 0.2) is 22.9 Å². The number of nitrogens with zero attached hydrogens (tertiary/aromatic N) is 3. The van der Waals surface area contributed by atoms with E-state index in [1.54, 1.807) is 10.6 Å². The summed E-state index contributed by atoms with van der Waals surface area (Å²) in [5.74, 6) is 0. The number of fused-ring (bicyclic) bond motifs is 1. The van der Waals surface area contributed by atoms with Gasteiger partial charge in [-0.05, 0) is 34.5 Å². The molecule has 64 valence electrons. The van der Waals surface area contributed by atoms with Crippen molar-refractivity contribution in [1.82, 2.24) is 9.38 Å².